The largest absolute Gasteiger partial charge is 0.464 e. The minimum atomic E-state index is -2.20. The minimum absolute atomic E-state index is 0.000804. The number of rotatable bonds is 3. The van der Waals surface area contributed by atoms with Gasteiger partial charge in [0, 0.05) is 11.1 Å². The number of hydrogen-bond acceptors (Lipinski definition) is 4. The molecule has 0 saturated heterocycles. The molecule has 2 rings (SSSR count). The predicted octanol–water partition coefficient (Wildman–Crippen LogP) is 4.36. The van der Waals surface area contributed by atoms with Crippen LogP contribution in [0.4, 0.5) is 14.5 Å². The Balaban J connectivity index is 2.94. The van der Waals surface area contributed by atoms with E-state index in [9.17, 15) is 9.18 Å². The number of methoxy groups -OCH3 is 1. The van der Waals surface area contributed by atoms with Gasteiger partial charge in [0.2, 0.25) is 0 Å². The van der Waals surface area contributed by atoms with Crippen molar-refractivity contribution in [3.05, 3.63) is 39.1 Å². The first kappa shape index (κ1) is 19.8. The number of pyridine rings is 1. The average molecular weight is 450 g/mol. The van der Waals surface area contributed by atoms with Crippen molar-refractivity contribution in [2.45, 2.75) is 19.6 Å². The van der Waals surface area contributed by atoms with E-state index < -0.39 is 25.7 Å². The van der Waals surface area contributed by atoms with Crippen LogP contribution in [0.2, 0.25) is 24.7 Å². The standard InChI is InChI=1S/C16H16BrClF2N2O2Si/c1-24-16(23)14-10(13(21)11(18)15(17)22-14)8-5-7(19)6-9(12(8)20)25(2,3)4/h5-6H,1-4H3,(H2,21,22). The Kier molecular flexibility index (Phi) is 5.55. The molecule has 0 atom stereocenters. The number of esters is 1. The van der Waals surface area contributed by atoms with E-state index in [2.05, 4.69) is 25.7 Å². The molecule has 1 aromatic heterocycles. The molecule has 0 amide bonds. The van der Waals surface area contributed by atoms with Gasteiger partial charge in [0.25, 0.3) is 0 Å². The van der Waals surface area contributed by atoms with Crippen molar-refractivity contribution in [1.29, 1.82) is 0 Å². The van der Waals surface area contributed by atoms with E-state index in [0.29, 0.717) is 0 Å². The summed E-state index contributed by atoms with van der Waals surface area (Å²) >= 11 is 9.17. The summed E-state index contributed by atoms with van der Waals surface area (Å²) in [6.07, 6.45) is 0. The van der Waals surface area contributed by atoms with Crippen LogP contribution in [0.25, 0.3) is 11.1 Å². The van der Waals surface area contributed by atoms with E-state index in [1.165, 1.54) is 6.07 Å². The van der Waals surface area contributed by atoms with Gasteiger partial charge in [0.05, 0.1) is 25.9 Å². The highest BCUT2D eigenvalue weighted by Crippen LogP contribution is 2.39. The van der Waals surface area contributed by atoms with Crippen molar-refractivity contribution >= 4 is 52.4 Å². The van der Waals surface area contributed by atoms with Crippen LogP contribution in [0, 0.1) is 11.6 Å². The molecule has 0 saturated carbocycles. The number of ether oxygens (including phenoxy) is 1. The quantitative estimate of drug-likeness (QED) is 0.430. The fourth-order valence-electron chi connectivity index (χ4n) is 2.39. The zero-order valence-corrected chi connectivity index (χ0v) is 17.3. The molecule has 0 fully saturated rings. The van der Waals surface area contributed by atoms with Crippen LogP contribution in [0.3, 0.4) is 0 Å². The molecule has 4 nitrogen and oxygen atoms in total. The maximum Gasteiger partial charge on any atom is 0.357 e. The Hall–Kier alpha value is -1.51. The number of carbonyl (C=O) groups excluding carboxylic acids is 1. The van der Waals surface area contributed by atoms with E-state index in [0.717, 1.165) is 13.2 Å². The van der Waals surface area contributed by atoms with E-state index in [-0.39, 0.29) is 37.3 Å². The third-order valence-corrected chi connectivity index (χ3v) is 6.79. The average Bonchev–Trinajstić information content (AvgIpc) is 2.52. The van der Waals surface area contributed by atoms with E-state index >= 15 is 4.39 Å². The van der Waals surface area contributed by atoms with Crippen LogP contribution in [0.5, 0.6) is 0 Å². The van der Waals surface area contributed by atoms with E-state index in [4.69, 9.17) is 17.3 Å². The maximum atomic E-state index is 15.2. The SMILES string of the molecule is COC(=O)c1nc(Br)c(Cl)c(N)c1-c1cc(F)cc([Si](C)(C)C)c1F. The lowest BCUT2D eigenvalue weighted by Gasteiger charge is -2.21. The van der Waals surface area contributed by atoms with Crippen molar-refractivity contribution < 1.29 is 18.3 Å². The van der Waals surface area contributed by atoms with Crippen LogP contribution >= 0.6 is 27.5 Å². The molecule has 0 spiro atoms. The van der Waals surface area contributed by atoms with Gasteiger partial charge in [-0.2, -0.15) is 0 Å². The molecule has 0 aliphatic carbocycles. The normalized spacial score (nSPS) is 11.5. The summed E-state index contributed by atoms with van der Waals surface area (Å²) in [6.45, 7) is 5.64. The third-order valence-electron chi connectivity index (χ3n) is 3.63. The Labute approximate surface area is 158 Å². The molecule has 9 heteroatoms. The molecule has 0 radical (unpaired) electrons. The zero-order valence-electron chi connectivity index (χ0n) is 14.0. The van der Waals surface area contributed by atoms with Gasteiger partial charge in [-0.25, -0.2) is 18.6 Å². The molecule has 2 aromatic rings. The van der Waals surface area contributed by atoms with Crippen molar-refractivity contribution in [3.63, 3.8) is 0 Å². The first-order valence-corrected chi connectivity index (χ1v) is 11.9. The first-order valence-electron chi connectivity index (χ1n) is 7.21. The lowest BCUT2D eigenvalue weighted by atomic mass is 10.0. The maximum absolute atomic E-state index is 15.2. The molecule has 25 heavy (non-hydrogen) atoms. The van der Waals surface area contributed by atoms with Gasteiger partial charge in [-0.3, -0.25) is 0 Å². The summed E-state index contributed by atoms with van der Waals surface area (Å²) in [5.74, 6) is -2.11. The summed E-state index contributed by atoms with van der Waals surface area (Å²) in [7, 11) is -1.05. The number of nitrogens with zero attached hydrogens (tertiary/aromatic N) is 1. The van der Waals surface area contributed by atoms with Crippen molar-refractivity contribution in [1.82, 2.24) is 4.98 Å². The van der Waals surface area contributed by atoms with Crippen LogP contribution in [-0.4, -0.2) is 26.1 Å². The highest BCUT2D eigenvalue weighted by molar-refractivity contribution is 9.10. The smallest absolute Gasteiger partial charge is 0.357 e. The first-order chi connectivity index (χ1) is 11.5. The lowest BCUT2D eigenvalue weighted by Crippen LogP contribution is -2.40. The molecule has 0 aliphatic rings. The minimum Gasteiger partial charge on any atom is -0.464 e. The van der Waals surface area contributed by atoms with Crippen LogP contribution in [-0.2, 0) is 4.74 Å². The fourth-order valence-corrected chi connectivity index (χ4v) is 4.28. The number of benzene rings is 1. The number of nitrogen functional groups attached to an aromatic ring is 1. The van der Waals surface area contributed by atoms with Crippen LogP contribution in [0.15, 0.2) is 16.7 Å². The van der Waals surface area contributed by atoms with Crippen LogP contribution < -0.4 is 10.9 Å². The Morgan fingerprint density at radius 3 is 2.44 bits per heavy atom. The molecule has 0 unspecified atom stereocenters. The topological polar surface area (TPSA) is 65.2 Å². The summed E-state index contributed by atoms with van der Waals surface area (Å²) in [5, 5.41) is 0.276. The van der Waals surface area contributed by atoms with E-state index in [1.807, 2.05) is 19.6 Å². The van der Waals surface area contributed by atoms with Crippen molar-refractivity contribution in [3.8, 4) is 11.1 Å². The summed E-state index contributed by atoms with van der Waals surface area (Å²) in [4.78, 5) is 16.1. The van der Waals surface area contributed by atoms with Gasteiger partial charge in [-0.05, 0) is 33.2 Å². The summed E-state index contributed by atoms with van der Waals surface area (Å²) in [6, 6.07) is 2.15. The van der Waals surface area contributed by atoms with Gasteiger partial charge in [-0.15, -0.1) is 0 Å². The highest BCUT2D eigenvalue weighted by atomic mass is 79.9. The Morgan fingerprint density at radius 1 is 1.32 bits per heavy atom. The number of nitrogens with two attached hydrogens (primary N) is 1. The Morgan fingerprint density at radius 2 is 1.92 bits per heavy atom. The molecule has 2 N–H and O–H groups in total. The molecule has 1 heterocycles. The molecule has 0 bridgehead atoms. The molecule has 0 aliphatic heterocycles. The third kappa shape index (κ3) is 3.70. The number of halogens is 4. The molecular formula is C16H16BrClF2N2O2Si. The van der Waals surface area contributed by atoms with Crippen molar-refractivity contribution in [2.24, 2.45) is 0 Å². The number of aromatic nitrogens is 1. The van der Waals surface area contributed by atoms with Gasteiger partial charge in [0.15, 0.2) is 5.69 Å². The summed E-state index contributed by atoms with van der Waals surface area (Å²) < 4.78 is 34.2. The number of hydrogen-bond donors (Lipinski definition) is 1. The number of anilines is 1. The fraction of sp³-hybridized carbons (Fsp3) is 0.250. The Bertz CT molecular complexity index is 872. The van der Waals surface area contributed by atoms with Crippen molar-refractivity contribution in [2.75, 3.05) is 12.8 Å². The lowest BCUT2D eigenvalue weighted by molar-refractivity contribution is 0.0595. The van der Waals surface area contributed by atoms with Gasteiger partial charge in [0.1, 0.15) is 16.2 Å². The number of carbonyl (C=O) groups is 1. The van der Waals surface area contributed by atoms with Gasteiger partial charge >= 0.3 is 5.97 Å². The second-order valence-electron chi connectivity index (χ2n) is 6.41. The van der Waals surface area contributed by atoms with Gasteiger partial charge in [-0.1, -0.05) is 31.2 Å². The predicted molar refractivity (Wildman–Crippen MR) is 101 cm³/mol. The molecule has 134 valence electrons. The van der Waals surface area contributed by atoms with Gasteiger partial charge < -0.3 is 10.5 Å². The molecule has 1 aromatic carbocycles. The highest BCUT2D eigenvalue weighted by Gasteiger charge is 2.29. The van der Waals surface area contributed by atoms with Crippen LogP contribution in [0.1, 0.15) is 10.5 Å². The zero-order chi connectivity index (χ0) is 19.1. The second-order valence-corrected chi connectivity index (χ2v) is 12.6. The van der Waals surface area contributed by atoms with E-state index in [1.54, 1.807) is 0 Å². The second kappa shape index (κ2) is 7.01. The molecular weight excluding hydrogens is 434 g/mol. The monoisotopic (exact) mass is 448 g/mol. The summed E-state index contributed by atoms with van der Waals surface area (Å²) in [5.41, 5.74) is 5.41.